The van der Waals surface area contributed by atoms with Crippen LogP contribution in [0.5, 0.6) is 0 Å². The maximum absolute atomic E-state index is 13.4. The van der Waals surface area contributed by atoms with E-state index in [1.807, 2.05) is 11.9 Å². The number of halogens is 1. The molecule has 9 heteroatoms. The number of benzene rings is 1. The molecule has 1 aromatic carbocycles. The van der Waals surface area contributed by atoms with Crippen molar-refractivity contribution in [1.29, 1.82) is 0 Å². The Kier molecular flexibility index (Phi) is 6.37. The lowest BCUT2D eigenvalue weighted by Gasteiger charge is -2.24. The monoisotopic (exact) mass is 458 g/mol. The first-order valence-electron chi connectivity index (χ1n) is 11.1. The third-order valence-corrected chi connectivity index (χ3v) is 6.50. The molecule has 0 saturated heterocycles. The molecule has 1 fully saturated rings. The molecule has 1 saturated carbocycles. The van der Waals surface area contributed by atoms with E-state index in [-0.39, 0.29) is 23.8 Å². The van der Waals surface area contributed by atoms with Gasteiger partial charge >= 0.3 is 0 Å². The van der Waals surface area contributed by atoms with Crippen molar-refractivity contribution >= 4 is 33.2 Å². The Morgan fingerprint density at radius 3 is 2.56 bits per heavy atom. The van der Waals surface area contributed by atoms with Gasteiger partial charge in [0.15, 0.2) is 5.82 Å². The molecule has 0 atom stereocenters. The molecule has 2 aromatic heterocycles. The smallest absolute Gasteiger partial charge is 0.239 e. The molecule has 7 nitrogen and oxygen atoms in total. The molecule has 2 N–H and O–H groups in total. The highest BCUT2D eigenvalue weighted by Gasteiger charge is 2.24. The van der Waals surface area contributed by atoms with E-state index >= 15 is 0 Å². The van der Waals surface area contributed by atoms with E-state index in [9.17, 15) is 9.18 Å². The summed E-state index contributed by atoms with van der Waals surface area (Å²) < 4.78 is 15.2. The highest BCUT2D eigenvalue weighted by Crippen LogP contribution is 2.34. The van der Waals surface area contributed by atoms with Crippen LogP contribution in [0.4, 0.5) is 15.3 Å². The topological polar surface area (TPSA) is 74.6 Å². The van der Waals surface area contributed by atoms with E-state index in [1.54, 1.807) is 16.6 Å². The quantitative estimate of drug-likeness (QED) is 0.560. The molecule has 1 aliphatic carbocycles. The fourth-order valence-corrected chi connectivity index (χ4v) is 4.83. The molecular weight excluding hydrogens is 427 g/mol. The molecule has 1 amide bonds. The molecule has 32 heavy (non-hydrogen) atoms. The number of nitrogens with one attached hydrogen (secondary N) is 2. The summed E-state index contributed by atoms with van der Waals surface area (Å²) in [6.07, 6.45) is 5.76. The molecule has 172 valence electrons. The standard InChI is InChI=1S/C23H31FN6OS/c1-23(2,3)27-20-19(15-10-12-16(24)13-11-15)26-21-30(20)28-22(32-21)29(4)14-18(31)25-17-8-6-5-7-9-17/h10-13,17,27H,5-9,14H2,1-4H3,(H,25,31). The summed E-state index contributed by atoms with van der Waals surface area (Å²) in [6, 6.07) is 6.60. The van der Waals surface area contributed by atoms with Gasteiger partial charge in [0.2, 0.25) is 16.0 Å². The average Bonchev–Trinajstić information content (AvgIpc) is 3.28. The number of carbonyl (C=O) groups is 1. The van der Waals surface area contributed by atoms with Gasteiger partial charge in [0.1, 0.15) is 11.5 Å². The van der Waals surface area contributed by atoms with Crippen LogP contribution in [0.1, 0.15) is 52.9 Å². The van der Waals surface area contributed by atoms with Crippen LogP contribution in [0.2, 0.25) is 0 Å². The lowest BCUT2D eigenvalue weighted by Crippen LogP contribution is -2.41. The van der Waals surface area contributed by atoms with Crippen molar-refractivity contribution in [3.63, 3.8) is 0 Å². The van der Waals surface area contributed by atoms with Crippen LogP contribution < -0.4 is 15.5 Å². The Morgan fingerprint density at radius 2 is 1.91 bits per heavy atom. The first-order valence-corrected chi connectivity index (χ1v) is 12.0. The molecule has 2 heterocycles. The predicted molar refractivity (Wildman–Crippen MR) is 128 cm³/mol. The minimum atomic E-state index is -0.284. The van der Waals surface area contributed by atoms with Crippen LogP contribution >= 0.6 is 11.3 Å². The molecule has 0 unspecified atom stereocenters. The fourth-order valence-electron chi connectivity index (χ4n) is 3.97. The van der Waals surface area contributed by atoms with E-state index in [0.717, 1.165) is 29.9 Å². The third-order valence-electron chi connectivity index (χ3n) is 5.48. The van der Waals surface area contributed by atoms with Crippen LogP contribution in [0.3, 0.4) is 0 Å². The van der Waals surface area contributed by atoms with Crippen LogP contribution in [0.15, 0.2) is 24.3 Å². The minimum absolute atomic E-state index is 0.0206. The van der Waals surface area contributed by atoms with Crippen LogP contribution in [0, 0.1) is 5.82 Å². The predicted octanol–water partition coefficient (Wildman–Crippen LogP) is 4.69. The van der Waals surface area contributed by atoms with Crippen molar-refractivity contribution in [2.24, 2.45) is 0 Å². The summed E-state index contributed by atoms with van der Waals surface area (Å²) >= 11 is 1.42. The zero-order valence-electron chi connectivity index (χ0n) is 19.1. The number of nitrogens with zero attached hydrogens (tertiary/aromatic N) is 4. The molecule has 1 aliphatic rings. The number of aromatic nitrogens is 3. The SMILES string of the molecule is CN(CC(=O)NC1CCCCC1)c1nn2c(NC(C)(C)C)c(-c3ccc(F)cc3)nc2s1. The van der Waals surface area contributed by atoms with Crippen molar-refractivity contribution in [1.82, 2.24) is 19.9 Å². The van der Waals surface area contributed by atoms with E-state index in [1.165, 1.54) is 42.7 Å². The lowest BCUT2D eigenvalue weighted by atomic mass is 9.95. The van der Waals surface area contributed by atoms with Gasteiger partial charge in [-0.2, -0.15) is 4.52 Å². The van der Waals surface area contributed by atoms with E-state index in [4.69, 9.17) is 10.1 Å². The molecule has 4 rings (SSSR count). The highest BCUT2D eigenvalue weighted by atomic mass is 32.1. The summed E-state index contributed by atoms with van der Waals surface area (Å²) in [6.45, 7) is 6.45. The normalized spacial score (nSPS) is 15.2. The van der Waals surface area contributed by atoms with Crippen molar-refractivity contribution in [2.45, 2.75) is 64.5 Å². The number of imidazole rings is 1. The first kappa shape index (κ1) is 22.5. The summed E-state index contributed by atoms with van der Waals surface area (Å²) in [5.74, 6) is 0.489. The molecule has 0 bridgehead atoms. The number of rotatable bonds is 6. The number of amides is 1. The second-order valence-electron chi connectivity index (χ2n) is 9.53. The molecular formula is C23H31FN6OS. The molecule has 0 aliphatic heterocycles. The van der Waals surface area contributed by atoms with Gasteiger partial charge in [0.25, 0.3) is 0 Å². The van der Waals surface area contributed by atoms with Gasteiger partial charge in [-0.15, -0.1) is 5.10 Å². The Balaban J connectivity index is 1.57. The third kappa shape index (κ3) is 5.20. The zero-order chi connectivity index (χ0) is 22.9. The summed E-state index contributed by atoms with van der Waals surface area (Å²) in [5.41, 5.74) is 1.32. The van der Waals surface area contributed by atoms with E-state index in [0.29, 0.717) is 16.1 Å². The Labute approximate surface area is 192 Å². The largest absolute Gasteiger partial charge is 0.364 e. The van der Waals surface area contributed by atoms with Crippen molar-refractivity contribution in [3.8, 4) is 11.3 Å². The first-order chi connectivity index (χ1) is 15.2. The zero-order valence-corrected chi connectivity index (χ0v) is 19.9. The van der Waals surface area contributed by atoms with Gasteiger partial charge in [0, 0.05) is 24.2 Å². The summed E-state index contributed by atoms with van der Waals surface area (Å²) in [5, 5.41) is 12.1. The van der Waals surface area contributed by atoms with Gasteiger partial charge in [-0.05, 0) is 57.9 Å². The molecule has 0 radical (unpaired) electrons. The Morgan fingerprint density at radius 1 is 1.22 bits per heavy atom. The number of hydrogen-bond acceptors (Lipinski definition) is 6. The van der Waals surface area contributed by atoms with Crippen molar-refractivity contribution < 1.29 is 9.18 Å². The van der Waals surface area contributed by atoms with Crippen molar-refractivity contribution in [2.75, 3.05) is 23.8 Å². The molecule has 3 aromatic rings. The molecule has 0 spiro atoms. The second-order valence-corrected chi connectivity index (χ2v) is 10.5. The number of fused-ring (bicyclic) bond motifs is 1. The van der Waals surface area contributed by atoms with Gasteiger partial charge in [-0.25, -0.2) is 9.37 Å². The Hall–Kier alpha value is -2.68. The van der Waals surface area contributed by atoms with Gasteiger partial charge in [-0.3, -0.25) is 4.79 Å². The maximum Gasteiger partial charge on any atom is 0.239 e. The minimum Gasteiger partial charge on any atom is -0.364 e. The van der Waals surface area contributed by atoms with E-state index in [2.05, 4.69) is 31.4 Å². The lowest BCUT2D eigenvalue weighted by molar-refractivity contribution is -0.120. The van der Waals surface area contributed by atoms with Gasteiger partial charge < -0.3 is 15.5 Å². The summed E-state index contributed by atoms with van der Waals surface area (Å²) in [7, 11) is 1.87. The fraction of sp³-hybridized carbons (Fsp3) is 0.522. The number of likely N-dealkylation sites (N-methyl/N-ethyl adjacent to an activating group) is 1. The van der Waals surface area contributed by atoms with Gasteiger partial charge in [0.05, 0.1) is 6.54 Å². The maximum atomic E-state index is 13.4. The van der Waals surface area contributed by atoms with E-state index < -0.39 is 0 Å². The average molecular weight is 459 g/mol. The second kappa shape index (κ2) is 9.05. The number of carbonyl (C=O) groups excluding carboxylic acids is 1. The van der Waals surface area contributed by atoms with Crippen LogP contribution in [-0.4, -0.2) is 45.7 Å². The Bertz CT molecular complexity index is 1080. The van der Waals surface area contributed by atoms with Gasteiger partial charge in [-0.1, -0.05) is 30.6 Å². The van der Waals surface area contributed by atoms with Crippen LogP contribution in [0.25, 0.3) is 16.2 Å². The van der Waals surface area contributed by atoms with Crippen molar-refractivity contribution in [3.05, 3.63) is 30.1 Å². The highest BCUT2D eigenvalue weighted by molar-refractivity contribution is 7.20. The number of hydrogen-bond donors (Lipinski definition) is 2. The number of anilines is 2. The summed E-state index contributed by atoms with van der Waals surface area (Å²) in [4.78, 5) is 19.9. The van der Waals surface area contributed by atoms with Crippen LogP contribution in [-0.2, 0) is 4.79 Å².